The molecule has 3 N–H and O–H groups in total. The molecular formula is C13H29N3O. The average Bonchev–Trinajstić information content (AvgIpc) is 2.13. The Bertz CT molecular complexity index is 236. The van der Waals surface area contributed by atoms with Crippen LogP contribution in [0.1, 0.15) is 34.6 Å². The van der Waals surface area contributed by atoms with E-state index in [-0.39, 0.29) is 11.3 Å². The minimum atomic E-state index is -0.461. The molecule has 4 heteroatoms. The van der Waals surface area contributed by atoms with Crippen LogP contribution >= 0.6 is 0 Å². The standard InChI is InChI=1S/C13H29N3O/c1-9(2)10(16(6)7)8-15-12(17)11(14)13(3,4)5/h9-11H,8,14H2,1-7H3,(H,15,17). The highest BCUT2D eigenvalue weighted by Gasteiger charge is 2.28. The summed E-state index contributed by atoms with van der Waals surface area (Å²) < 4.78 is 0. The third-order valence-electron chi connectivity index (χ3n) is 3.13. The van der Waals surface area contributed by atoms with Crippen molar-refractivity contribution in [2.75, 3.05) is 20.6 Å². The summed E-state index contributed by atoms with van der Waals surface area (Å²) in [6.07, 6.45) is 0. The first-order valence-electron chi connectivity index (χ1n) is 6.27. The second-order valence-electron chi connectivity index (χ2n) is 6.36. The number of amides is 1. The first-order valence-corrected chi connectivity index (χ1v) is 6.27. The number of nitrogens with two attached hydrogens (primary N) is 1. The van der Waals surface area contributed by atoms with Gasteiger partial charge in [0, 0.05) is 12.6 Å². The average molecular weight is 243 g/mol. The van der Waals surface area contributed by atoms with Gasteiger partial charge in [-0.1, -0.05) is 34.6 Å². The Balaban J connectivity index is 4.32. The molecule has 0 saturated carbocycles. The molecule has 1 amide bonds. The predicted molar refractivity (Wildman–Crippen MR) is 72.8 cm³/mol. The van der Waals surface area contributed by atoms with Crippen LogP contribution in [0.4, 0.5) is 0 Å². The lowest BCUT2D eigenvalue weighted by atomic mass is 9.87. The van der Waals surface area contributed by atoms with Gasteiger partial charge in [-0.3, -0.25) is 4.79 Å². The van der Waals surface area contributed by atoms with Crippen LogP contribution in [-0.2, 0) is 4.79 Å². The molecule has 0 aliphatic heterocycles. The van der Waals surface area contributed by atoms with Gasteiger partial charge in [0.25, 0.3) is 0 Å². The molecule has 2 unspecified atom stereocenters. The summed E-state index contributed by atoms with van der Waals surface area (Å²) in [5.74, 6) is 0.432. The summed E-state index contributed by atoms with van der Waals surface area (Å²) >= 11 is 0. The summed E-state index contributed by atoms with van der Waals surface area (Å²) in [7, 11) is 4.06. The Labute approximate surface area is 106 Å². The van der Waals surface area contributed by atoms with Crippen LogP contribution in [0, 0.1) is 11.3 Å². The molecular weight excluding hydrogens is 214 g/mol. The van der Waals surface area contributed by atoms with Crippen LogP contribution in [0.25, 0.3) is 0 Å². The molecule has 0 aromatic rings. The fourth-order valence-electron chi connectivity index (χ4n) is 1.72. The molecule has 0 aromatic heterocycles. The fourth-order valence-corrected chi connectivity index (χ4v) is 1.72. The normalized spacial score (nSPS) is 16.1. The summed E-state index contributed by atoms with van der Waals surface area (Å²) in [6, 6.07) is -0.122. The molecule has 0 saturated heterocycles. The fraction of sp³-hybridized carbons (Fsp3) is 0.923. The van der Waals surface area contributed by atoms with Gasteiger partial charge in [0.2, 0.25) is 5.91 Å². The van der Waals surface area contributed by atoms with E-state index in [4.69, 9.17) is 5.73 Å². The molecule has 0 bridgehead atoms. The van der Waals surface area contributed by atoms with Crippen LogP contribution < -0.4 is 11.1 Å². The molecule has 0 radical (unpaired) electrons. The topological polar surface area (TPSA) is 58.4 Å². The molecule has 0 aliphatic carbocycles. The van der Waals surface area contributed by atoms with Crippen molar-refractivity contribution in [2.24, 2.45) is 17.1 Å². The van der Waals surface area contributed by atoms with Crippen LogP contribution in [0.2, 0.25) is 0 Å². The minimum Gasteiger partial charge on any atom is -0.353 e. The van der Waals surface area contributed by atoms with Crippen LogP contribution in [0.5, 0.6) is 0 Å². The summed E-state index contributed by atoms with van der Waals surface area (Å²) in [4.78, 5) is 14.0. The molecule has 0 rings (SSSR count). The van der Waals surface area contributed by atoms with E-state index in [0.29, 0.717) is 18.5 Å². The molecule has 0 aromatic carbocycles. The third kappa shape index (κ3) is 5.50. The van der Waals surface area contributed by atoms with Gasteiger partial charge >= 0.3 is 0 Å². The van der Waals surface area contributed by atoms with Crippen molar-refractivity contribution in [1.29, 1.82) is 0 Å². The summed E-state index contributed by atoms with van der Waals surface area (Å²) in [5, 5.41) is 2.95. The predicted octanol–water partition coefficient (Wildman–Crippen LogP) is 1.06. The molecule has 102 valence electrons. The van der Waals surface area contributed by atoms with E-state index >= 15 is 0 Å². The minimum absolute atomic E-state index is 0.0648. The number of hydrogen-bond acceptors (Lipinski definition) is 3. The van der Waals surface area contributed by atoms with Crippen molar-refractivity contribution < 1.29 is 4.79 Å². The monoisotopic (exact) mass is 243 g/mol. The van der Waals surface area contributed by atoms with Gasteiger partial charge in [0.05, 0.1) is 6.04 Å². The second-order valence-corrected chi connectivity index (χ2v) is 6.36. The highest BCUT2D eigenvalue weighted by Crippen LogP contribution is 2.17. The van der Waals surface area contributed by atoms with E-state index in [0.717, 1.165) is 0 Å². The highest BCUT2D eigenvalue weighted by molar-refractivity contribution is 5.82. The molecule has 2 atom stereocenters. The van der Waals surface area contributed by atoms with Gasteiger partial charge in [0.15, 0.2) is 0 Å². The number of carbonyl (C=O) groups excluding carboxylic acids is 1. The summed E-state index contributed by atoms with van der Waals surface area (Å²) in [6.45, 7) is 10.9. The van der Waals surface area contributed by atoms with Crippen molar-refractivity contribution >= 4 is 5.91 Å². The van der Waals surface area contributed by atoms with Crippen LogP contribution in [0.3, 0.4) is 0 Å². The Hall–Kier alpha value is -0.610. The molecule has 0 fully saturated rings. The number of hydrogen-bond donors (Lipinski definition) is 2. The molecule has 0 spiro atoms. The zero-order valence-electron chi connectivity index (χ0n) is 12.4. The van der Waals surface area contributed by atoms with Crippen molar-refractivity contribution in [2.45, 2.75) is 46.7 Å². The van der Waals surface area contributed by atoms with E-state index < -0.39 is 6.04 Å². The van der Waals surface area contributed by atoms with Gasteiger partial charge in [-0.25, -0.2) is 0 Å². The Kier molecular flexibility index (Phi) is 6.13. The Morgan fingerprint density at radius 1 is 1.29 bits per heavy atom. The smallest absolute Gasteiger partial charge is 0.237 e. The van der Waals surface area contributed by atoms with Crippen LogP contribution in [-0.4, -0.2) is 43.5 Å². The van der Waals surface area contributed by atoms with Gasteiger partial charge in [-0.05, 0) is 25.4 Å². The first-order chi connectivity index (χ1) is 7.57. The van der Waals surface area contributed by atoms with Gasteiger partial charge in [0.1, 0.15) is 0 Å². The van der Waals surface area contributed by atoms with E-state index in [1.165, 1.54) is 0 Å². The molecule has 4 nitrogen and oxygen atoms in total. The van der Waals surface area contributed by atoms with Crippen molar-refractivity contribution in [3.05, 3.63) is 0 Å². The third-order valence-corrected chi connectivity index (χ3v) is 3.13. The maximum atomic E-state index is 11.9. The first kappa shape index (κ1) is 16.4. The number of nitrogens with one attached hydrogen (secondary N) is 1. The van der Waals surface area contributed by atoms with Gasteiger partial charge in [-0.15, -0.1) is 0 Å². The Morgan fingerprint density at radius 3 is 2.06 bits per heavy atom. The van der Waals surface area contributed by atoms with Crippen molar-refractivity contribution in [3.63, 3.8) is 0 Å². The SMILES string of the molecule is CC(C)C(CNC(=O)C(N)C(C)(C)C)N(C)C. The lowest BCUT2D eigenvalue weighted by Gasteiger charge is -2.30. The van der Waals surface area contributed by atoms with Crippen molar-refractivity contribution in [3.8, 4) is 0 Å². The van der Waals surface area contributed by atoms with E-state index in [2.05, 4.69) is 24.1 Å². The largest absolute Gasteiger partial charge is 0.353 e. The molecule has 0 heterocycles. The highest BCUT2D eigenvalue weighted by atomic mass is 16.2. The number of rotatable bonds is 5. The van der Waals surface area contributed by atoms with Crippen LogP contribution in [0.15, 0.2) is 0 Å². The quantitative estimate of drug-likeness (QED) is 0.759. The molecule has 17 heavy (non-hydrogen) atoms. The zero-order valence-corrected chi connectivity index (χ0v) is 12.4. The van der Waals surface area contributed by atoms with E-state index in [1.54, 1.807) is 0 Å². The zero-order chi connectivity index (χ0) is 13.8. The molecule has 0 aliphatic rings. The maximum Gasteiger partial charge on any atom is 0.237 e. The lowest BCUT2D eigenvalue weighted by molar-refractivity contribution is -0.124. The Morgan fingerprint density at radius 2 is 1.76 bits per heavy atom. The van der Waals surface area contributed by atoms with E-state index in [1.807, 2.05) is 34.9 Å². The van der Waals surface area contributed by atoms with Crippen molar-refractivity contribution in [1.82, 2.24) is 10.2 Å². The lowest BCUT2D eigenvalue weighted by Crippen LogP contribution is -2.52. The van der Waals surface area contributed by atoms with Gasteiger partial charge in [-0.2, -0.15) is 0 Å². The maximum absolute atomic E-state index is 11.9. The van der Waals surface area contributed by atoms with Gasteiger partial charge < -0.3 is 16.0 Å². The summed E-state index contributed by atoms with van der Waals surface area (Å²) in [5.41, 5.74) is 5.71. The van der Waals surface area contributed by atoms with E-state index in [9.17, 15) is 4.79 Å². The number of nitrogens with zero attached hydrogens (tertiary/aromatic N) is 1. The number of carbonyl (C=O) groups is 1. The second kappa shape index (κ2) is 6.36. The number of likely N-dealkylation sites (N-methyl/N-ethyl adjacent to an activating group) is 1.